The Hall–Kier alpha value is -4.86. The summed E-state index contributed by atoms with van der Waals surface area (Å²) in [5.41, 5.74) is 2.01. The normalized spacial score (nSPS) is 17.1. The van der Waals surface area contributed by atoms with Crippen LogP contribution < -0.4 is 19.5 Å². The Balaban J connectivity index is 1.33. The van der Waals surface area contributed by atoms with E-state index in [0.717, 1.165) is 5.56 Å². The number of likely N-dealkylation sites (tertiary alicyclic amines) is 1. The number of piperidine rings is 1. The molecule has 1 fully saturated rings. The minimum Gasteiger partial charge on any atom is -0.478 e. The first-order valence-corrected chi connectivity index (χ1v) is 13.4. The molecular formula is C28H25F5N8O3. The number of fused-ring (bicyclic) bond motifs is 2. The van der Waals surface area contributed by atoms with Gasteiger partial charge in [-0.1, -0.05) is 0 Å². The van der Waals surface area contributed by atoms with E-state index in [4.69, 9.17) is 14.2 Å². The fraction of sp³-hybridized carbons (Fsp3) is 0.321. The van der Waals surface area contributed by atoms with Crippen LogP contribution in [-0.2, 0) is 0 Å². The highest BCUT2D eigenvalue weighted by atomic mass is 19.4. The van der Waals surface area contributed by atoms with Gasteiger partial charge in [0.25, 0.3) is 11.8 Å². The molecule has 6 rings (SSSR count). The molecule has 4 aromatic heterocycles. The maximum Gasteiger partial charge on any atom is 0.422 e. The van der Waals surface area contributed by atoms with Gasteiger partial charge in [-0.05, 0) is 43.8 Å². The lowest BCUT2D eigenvalue weighted by molar-refractivity contribution is -0.155. The van der Waals surface area contributed by atoms with Crippen molar-refractivity contribution >= 4 is 28.1 Å². The van der Waals surface area contributed by atoms with Crippen molar-refractivity contribution in [2.24, 2.45) is 0 Å². The number of pyridine rings is 2. The molecule has 1 aromatic carbocycles. The third-order valence-electron chi connectivity index (χ3n) is 6.88. The van der Waals surface area contributed by atoms with Crippen molar-refractivity contribution in [3.05, 3.63) is 60.9 Å². The molecule has 5 aromatic rings. The molecule has 44 heavy (non-hydrogen) atoms. The van der Waals surface area contributed by atoms with Gasteiger partial charge in [-0.15, -0.1) is 0 Å². The van der Waals surface area contributed by atoms with Gasteiger partial charge in [0.2, 0.25) is 0 Å². The van der Waals surface area contributed by atoms with E-state index in [-0.39, 0.29) is 23.1 Å². The molecule has 0 aliphatic carbocycles. The van der Waals surface area contributed by atoms with Crippen molar-refractivity contribution in [3.8, 4) is 23.1 Å². The Morgan fingerprint density at radius 3 is 2.68 bits per heavy atom. The molecule has 0 amide bonds. The smallest absolute Gasteiger partial charge is 0.422 e. The highest BCUT2D eigenvalue weighted by molar-refractivity contribution is 5.96. The zero-order valence-electron chi connectivity index (χ0n) is 23.3. The summed E-state index contributed by atoms with van der Waals surface area (Å²) in [7, 11) is 1.55. The van der Waals surface area contributed by atoms with Crippen molar-refractivity contribution in [1.29, 1.82) is 0 Å². The second kappa shape index (κ2) is 11.3. The number of nitrogens with zero attached hydrogens (tertiary/aromatic N) is 7. The summed E-state index contributed by atoms with van der Waals surface area (Å²) in [6.07, 6.45) is -0.918. The Labute approximate surface area is 246 Å². The molecule has 0 bridgehead atoms. The second-order valence-electron chi connectivity index (χ2n) is 10.3. The summed E-state index contributed by atoms with van der Waals surface area (Å²) >= 11 is 0. The van der Waals surface area contributed by atoms with E-state index in [1.807, 2.05) is 6.92 Å². The summed E-state index contributed by atoms with van der Waals surface area (Å²) in [5.74, 6) is -3.14. The van der Waals surface area contributed by atoms with E-state index in [1.54, 1.807) is 48.1 Å². The molecule has 0 radical (unpaired) electrons. The van der Waals surface area contributed by atoms with Crippen LogP contribution in [0.1, 0.15) is 12.0 Å². The average molecular weight is 617 g/mol. The molecule has 1 atom stereocenters. The monoisotopic (exact) mass is 616 g/mol. The molecule has 0 saturated carbocycles. The van der Waals surface area contributed by atoms with Crippen LogP contribution in [0.5, 0.6) is 23.1 Å². The highest BCUT2D eigenvalue weighted by Crippen LogP contribution is 2.42. The lowest BCUT2D eigenvalue weighted by atomic mass is 10.0. The largest absolute Gasteiger partial charge is 0.478 e. The summed E-state index contributed by atoms with van der Waals surface area (Å²) in [6, 6.07) is 8.63. The van der Waals surface area contributed by atoms with Gasteiger partial charge in [0.05, 0.1) is 23.6 Å². The zero-order chi connectivity index (χ0) is 31.1. The number of benzene rings is 1. The zero-order valence-corrected chi connectivity index (χ0v) is 23.3. The van der Waals surface area contributed by atoms with E-state index in [9.17, 15) is 22.0 Å². The first-order chi connectivity index (χ1) is 20.9. The maximum absolute atomic E-state index is 15.0. The maximum atomic E-state index is 15.0. The number of alkyl halides is 5. The van der Waals surface area contributed by atoms with Crippen LogP contribution in [-0.4, -0.2) is 79.4 Å². The highest BCUT2D eigenvalue weighted by Gasteiger charge is 2.46. The fourth-order valence-electron chi connectivity index (χ4n) is 4.81. The summed E-state index contributed by atoms with van der Waals surface area (Å²) in [6.45, 7) is -0.180. The SMILES string of the molecule is Cc1cc(Nc2ncnc3cnc(OCC(F)(F)F)c(O[C@@H]4CCN(C)CC4(F)F)c23)ccc1Oc1ccn2ncnc2c1. The van der Waals surface area contributed by atoms with Crippen molar-refractivity contribution in [2.75, 3.05) is 32.1 Å². The standard InChI is InChI=1S/C28H25F5N8O3/c1-16-9-17(3-4-20(16)43-18-5-8-41-22(10-18)36-15-38-41)39-25-23-19(35-14-37-25)11-34-26(42-13-28(31,32)33)24(23)44-21-6-7-40(2)12-27(21,29)30/h3-5,8-11,14-15,21H,6-7,12-13H2,1-2H3,(H,35,37,39)/t21-/m1/s1. The molecule has 11 nitrogen and oxygen atoms in total. The van der Waals surface area contributed by atoms with E-state index in [0.29, 0.717) is 29.4 Å². The van der Waals surface area contributed by atoms with Crippen LogP contribution in [0.2, 0.25) is 0 Å². The van der Waals surface area contributed by atoms with E-state index < -0.39 is 43.0 Å². The first-order valence-electron chi connectivity index (χ1n) is 13.4. The van der Waals surface area contributed by atoms with Gasteiger partial charge in [-0.3, -0.25) is 0 Å². The van der Waals surface area contributed by atoms with Gasteiger partial charge in [0.1, 0.15) is 30.0 Å². The van der Waals surface area contributed by atoms with Crippen molar-refractivity contribution in [1.82, 2.24) is 34.4 Å². The number of anilines is 2. The van der Waals surface area contributed by atoms with Gasteiger partial charge in [-0.25, -0.2) is 33.2 Å². The Morgan fingerprint density at radius 2 is 1.91 bits per heavy atom. The van der Waals surface area contributed by atoms with Gasteiger partial charge in [-0.2, -0.15) is 18.3 Å². The molecule has 1 saturated heterocycles. The van der Waals surface area contributed by atoms with E-state index >= 15 is 0 Å². The minimum absolute atomic E-state index is 0.0361. The van der Waals surface area contributed by atoms with Gasteiger partial charge in [0.15, 0.2) is 24.1 Å². The van der Waals surface area contributed by atoms with E-state index in [1.165, 1.54) is 23.8 Å². The van der Waals surface area contributed by atoms with Crippen molar-refractivity contribution < 1.29 is 36.2 Å². The molecule has 1 aliphatic heterocycles. The third kappa shape index (κ3) is 6.24. The van der Waals surface area contributed by atoms with Gasteiger partial charge in [0, 0.05) is 30.9 Å². The van der Waals surface area contributed by atoms with Crippen LogP contribution in [0, 0.1) is 6.92 Å². The second-order valence-corrected chi connectivity index (χ2v) is 10.3. The predicted octanol–water partition coefficient (Wildman–Crippen LogP) is 5.57. The summed E-state index contributed by atoms with van der Waals surface area (Å²) in [5, 5.41) is 7.19. The van der Waals surface area contributed by atoms with Crippen LogP contribution in [0.25, 0.3) is 16.6 Å². The van der Waals surface area contributed by atoms with Gasteiger partial charge < -0.3 is 24.4 Å². The number of halogens is 5. The number of rotatable bonds is 8. The molecule has 1 N–H and O–H groups in total. The Bertz CT molecular complexity index is 1820. The molecule has 1 aliphatic rings. The molecule has 0 spiro atoms. The molecule has 16 heteroatoms. The van der Waals surface area contributed by atoms with E-state index in [2.05, 4.69) is 30.4 Å². The van der Waals surface area contributed by atoms with Gasteiger partial charge >= 0.3 is 6.18 Å². The number of ether oxygens (including phenoxy) is 3. The Morgan fingerprint density at radius 1 is 1.07 bits per heavy atom. The number of hydrogen-bond donors (Lipinski definition) is 1. The van der Waals surface area contributed by atoms with Crippen LogP contribution in [0.15, 0.2) is 55.4 Å². The van der Waals surface area contributed by atoms with Crippen LogP contribution >= 0.6 is 0 Å². The average Bonchev–Trinajstić information content (AvgIpc) is 3.43. The number of hydrogen-bond acceptors (Lipinski definition) is 10. The quantitative estimate of drug-likeness (QED) is 0.222. The molecule has 5 heterocycles. The van der Waals surface area contributed by atoms with Crippen molar-refractivity contribution in [2.45, 2.75) is 31.5 Å². The first kappa shape index (κ1) is 29.2. The lowest BCUT2D eigenvalue weighted by Crippen LogP contribution is -2.52. The summed E-state index contributed by atoms with van der Waals surface area (Å²) < 4.78 is 87.5. The fourth-order valence-corrected chi connectivity index (χ4v) is 4.81. The predicted molar refractivity (Wildman–Crippen MR) is 148 cm³/mol. The number of aryl methyl sites for hydroxylation is 1. The topological polar surface area (TPSA) is 112 Å². The Kier molecular flexibility index (Phi) is 7.53. The molecular weight excluding hydrogens is 591 g/mol. The number of nitrogens with one attached hydrogen (secondary N) is 1. The third-order valence-corrected chi connectivity index (χ3v) is 6.88. The lowest BCUT2D eigenvalue weighted by Gasteiger charge is -2.36. The number of aromatic nitrogens is 6. The molecule has 230 valence electrons. The van der Waals surface area contributed by atoms with Crippen LogP contribution in [0.4, 0.5) is 33.5 Å². The van der Waals surface area contributed by atoms with Crippen LogP contribution in [0.3, 0.4) is 0 Å². The minimum atomic E-state index is -4.71. The van der Waals surface area contributed by atoms with Crippen molar-refractivity contribution in [3.63, 3.8) is 0 Å². The molecule has 0 unspecified atom stereocenters. The summed E-state index contributed by atoms with van der Waals surface area (Å²) in [4.78, 5) is 17.9.